The molecule has 0 fully saturated rings. The lowest BCUT2D eigenvalue weighted by Gasteiger charge is -2.08. The first-order chi connectivity index (χ1) is 13.2. The van der Waals surface area contributed by atoms with Gasteiger partial charge in [-0.3, -0.25) is 4.79 Å². The van der Waals surface area contributed by atoms with Crippen LogP contribution in [0.25, 0.3) is 0 Å². The summed E-state index contributed by atoms with van der Waals surface area (Å²) in [5.74, 6) is 1.55. The Morgan fingerprint density at radius 3 is 2.67 bits per heavy atom. The molecule has 0 spiro atoms. The van der Waals surface area contributed by atoms with Gasteiger partial charge in [-0.1, -0.05) is 36.0 Å². The van der Waals surface area contributed by atoms with Crippen molar-refractivity contribution in [2.24, 2.45) is 0 Å². The predicted molar refractivity (Wildman–Crippen MR) is 110 cm³/mol. The Labute approximate surface area is 174 Å². The van der Waals surface area contributed by atoms with Crippen molar-refractivity contribution < 1.29 is 18.7 Å². The van der Waals surface area contributed by atoms with E-state index in [0.717, 1.165) is 9.26 Å². The molecular formula is C18H16IN3O4S. The van der Waals surface area contributed by atoms with Crippen LogP contribution in [0.15, 0.2) is 58.2 Å². The van der Waals surface area contributed by atoms with Gasteiger partial charge >= 0.3 is 0 Å². The summed E-state index contributed by atoms with van der Waals surface area (Å²) < 4.78 is 17.3. The fourth-order valence-corrected chi connectivity index (χ4v) is 3.21. The molecule has 7 nitrogen and oxygen atoms in total. The monoisotopic (exact) mass is 497 g/mol. The van der Waals surface area contributed by atoms with Gasteiger partial charge in [0, 0.05) is 3.57 Å². The molecule has 0 atom stereocenters. The number of aromatic nitrogens is 2. The molecule has 1 N–H and O–H groups in total. The molecule has 0 radical (unpaired) electrons. The Bertz CT molecular complexity index is 919. The SMILES string of the molecule is COc1ccccc1OCc1nnc(SCC(=O)Nc2ccccc2I)o1. The number of thioether (sulfide) groups is 1. The van der Waals surface area contributed by atoms with Gasteiger partial charge in [-0.05, 0) is 46.9 Å². The Morgan fingerprint density at radius 2 is 1.89 bits per heavy atom. The van der Waals surface area contributed by atoms with E-state index in [4.69, 9.17) is 13.9 Å². The highest BCUT2D eigenvalue weighted by molar-refractivity contribution is 14.1. The van der Waals surface area contributed by atoms with Crippen molar-refractivity contribution in [2.75, 3.05) is 18.2 Å². The lowest BCUT2D eigenvalue weighted by Crippen LogP contribution is -2.14. The minimum Gasteiger partial charge on any atom is -0.493 e. The minimum atomic E-state index is -0.144. The number of hydrogen-bond donors (Lipinski definition) is 1. The zero-order valence-electron chi connectivity index (χ0n) is 14.3. The van der Waals surface area contributed by atoms with Gasteiger partial charge in [0.1, 0.15) is 0 Å². The van der Waals surface area contributed by atoms with Gasteiger partial charge in [0.25, 0.3) is 11.1 Å². The second-order valence-electron chi connectivity index (χ2n) is 5.22. The highest BCUT2D eigenvalue weighted by atomic mass is 127. The predicted octanol–water partition coefficient (Wildman–Crippen LogP) is 3.99. The Balaban J connectivity index is 1.49. The van der Waals surface area contributed by atoms with E-state index in [1.54, 1.807) is 19.2 Å². The first-order valence-corrected chi connectivity index (χ1v) is 9.97. The molecule has 1 aromatic heterocycles. The third kappa shape index (κ3) is 5.60. The number of carbonyl (C=O) groups is 1. The van der Waals surface area contributed by atoms with Crippen LogP contribution >= 0.6 is 34.4 Å². The molecule has 0 aliphatic rings. The number of nitrogens with zero attached hydrogens (tertiary/aromatic N) is 2. The van der Waals surface area contributed by atoms with Crippen LogP contribution in [-0.4, -0.2) is 29.0 Å². The summed E-state index contributed by atoms with van der Waals surface area (Å²) in [6.07, 6.45) is 0. The standard InChI is InChI=1S/C18H16IN3O4S/c1-24-14-8-4-5-9-15(14)25-10-17-21-22-18(26-17)27-11-16(23)20-13-7-3-2-6-12(13)19/h2-9H,10-11H2,1H3,(H,20,23). The molecule has 0 aliphatic heterocycles. The molecule has 0 saturated carbocycles. The maximum Gasteiger partial charge on any atom is 0.277 e. The van der Waals surface area contributed by atoms with Gasteiger partial charge in [-0.2, -0.15) is 0 Å². The van der Waals surface area contributed by atoms with E-state index in [2.05, 4.69) is 38.1 Å². The number of para-hydroxylation sites is 3. The Morgan fingerprint density at radius 1 is 1.15 bits per heavy atom. The molecule has 1 amide bonds. The number of hydrogen-bond acceptors (Lipinski definition) is 7. The van der Waals surface area contributed by atoms with E-state index in [0.29, 0.717) is 22.6 Å². The average Bonchev–Trinajstić information content (AvgIpc) is 3.15. The summed E-state index contributed by atoms with van der Waals surface area (Å²) in [5, 5.41) is 11.0. The number of benzene rings is 2. The smallest absolute Gasteiger partial charge is 0.277 e. The molecule has 3 rings (SSSR count). The van der Waals surface area contributed by atoms with Crippen LogP contribution in [0.1, 0.15) is 5.89 Å². The quantitative estimate of drug-likeness (QED) is 0.372. The lowest BCUT2D eigenvalue weighted by molar-refractivity contribution is -0.113. The highest BCUT2D eigenvalue weighted by Gasteiger charge is 2.12. The van der Waals surface area contributed by atoms with E-state index in [1.165, 1.54) is 11.8 Å². The third-order valence-electron chi connectivity index (χ3n) is 3.34. The van der Waals surface area contributed by atoms with Crippen molar-refractivity contribution in [3.63, 3.8) is 0 Å². The Hall–Kier alpha value is -2.27. The van der Waals surface area contributed by atoms with Crippen LogP contribution in [0.3, 0.4) is 0 Å². The first kappa shape index (κ1) is 19.5. The second-order valence-corrected chi connectivity index (χ2v) is 7.31. The molecule has 0 saturated heterocycles. The van der Waals surface area contributed by atoms with Crippen molar-refractivity contribution in [2.45, 2.75) is 11.8 Å². The second kappa shape index (κ2) is 9.60. The van der Waals surface area contributed by atoms with Crippen molar-refractivity contribution in [3.8, 4) is 11.5 Å². The number of methoxy groups -OCH3 is 1. The number of halogens is 1. The molecule has 0 aliphatic carbocycles. The maximum atomic E-state index is 12.1. The fraction of sp³-hybridized carbons (Fsp3) is 0.167. The van der Waals surface area contributed by atoms with Crippen LogP contribution in [0.5, 0.6) is 11.5 Å². The molecule has 2 aromatic carbocycles. The fourth-order valence-electron chi connectivity index (χ4n) is 2.11. The lowest BCUT2D eigenvalue weighted by atomic mass is 10.3. The molecule has 1 heterocycles. The highest BCUT2D eigenvalue weighted by Crippen LogP contribution is 2.27. The number of rotatable bonds is 8. The minimum absolute atomic E-state index is 0.113. The summed E-state index contributed by atoms with van der Waals surface area (Å²) >= 11 is 3.34. The van der Waals surface area contributed by atoms with Crippen LogP contribution in [0.4, 0.5) is 5.69 Å². The zero-order chi connectivity index (χ0) is 19.1. The molecule has 27 heavy (non-hydrogen) atoms. The van der Waals surface area contributed by atoms with Crippen LogP contribution in [-0.2, 0) is 11.4 Å². The van der Waals surface area contributed by atoms with Crippen LogP contribution < -0.4 is 14.8 Å². The van der Waals surface area contributed by atoms with E-state index < -0.39 is 0 Å². The van der Waals surface area contributed by atoms with E-state index in [1.807, 2.05) is 36.4 Å². The van der Waals surface area contributed by atoms with Crippen molar-refractivity contribution in [1.82, 2.24) is 10.2 Å². The molecule has 0 unspecified atom stereocenters. The molecule has 0 bridgehead atoms. The van der Waals surface area contributed by atoms with Gasteiger partial charge < -0.3 is 19.2 Å². The first-order valence-electron chi connectivity index (χ1n) is 7.91. The van der Waals surface area contributed by atoms with Gasteiger partial charge in [-0.25, -0.2) is 0 Å². The number of amides is 1. The summed E-state index contributed by atoms with van der Waals surface area (Å²) in [4.78, 5) is 12.1. The number of ether oxygens (including phenoxy) is 2. The molecule has 3 aromatic rings. The summed E-state index contributed by atoms with van der Waals surface area (Å²) in [6.45, 7) is 0.113. The van der Waals surface area contributed by atoms with Gasteiger partial charge in [0.05, 0.1) is 18.6 Å². The van der Waals surface area contributed by atoms with E-state index in [9.17, 15) is 4.79 Å². The van der Waals surface area contributed by atoms with Crippen molar-refractivity contribution in [1.29, 1.82) is 0 Å². The van der Waals surface area contributed by atoms with Gasteiger partial charge in [0.15, 0.2) is 18.1 Å². The Kier molecular flexibility index (Phi) is 6.93. The van der Waals surface area contributed by atoms with Gasteiger partial charge in [-0.15, -0.1) is 10.2 Å². The zero-order valence-corrected chi connectivity index (χ0v) is 17.3. The molecular weight excluding hydrogens is 481 g/mol. The number of anilines is 1. The number of nitrogens with one attached hydrogen (secondary N) is 1. The van der Waals surface area contributed by atoms with E-state index in [-0.39, 0.29) is 18.3 Å². The number of carbonyl (C=O) groups excluding carboxylic acids is 1. The third-order valence-corrected chi connectivity index (χ3v) is 5.10. The largest absolute Gasteiger partial charge is 0.493 e. The summed E-state index contributed by atoms with van der Waals surface area (Å²) in [7, 11) is 1.57. The van der Waals surface area contributed by atoms with Crippen molar-refractivity contribution >= 4 is 45.9 Å². The van der Waals surface area contributed by atoms with Crippen LogP contribution in [0, 0.1) is 3.57 Å². The summed E-state index contributed by atoms with van der Waals surface area (Å²) in [6, 6.07) is 14.9. The van der Waals surface area contributed by atoms with Gasteiger partial charge in [0.2, 0.25) is 5.91 Å². The van der Waals surface area contributed by atoms with Crippen LogP contribution in [0.2, 0.25) is 0 Å². The normalized spacial score (nSPS) is 10.4. The maximum absolute atomic E-state index is 12.1. The molecule has 140 valence electrons. The summed E-state index contributed by atoms with van der Waals surface area (Å²) in [5.41, 5.74) is 0.778. The average molecular weight is 497 g/mol. The van der Waals surface area contributed by atoms with Crippen molar-refractivity contribution in [3.05, 3.63) is 58.0 Å². The van der Waals surface area contributed by atoms with E-state index >= 15 is 0 Å². The molecule has 9 heteroatoms. The topological polar surface area (TPSA) is 86.5 Å².